The Bertz CT molecular complexity index is 737. The third-order valence-electron chi connectivity index (χ3n) is 4.22. The number of halogens is 1. The molecule has 0 radical (unpaired) electrons. The van der Waals surface area contributed by atoms with E-state index in [1.54, 1.807) is 0 Å². The maximum atomic E-state index is 11.0. The average Bonchev–Trinajstić information content (AvgIpc) is 2.49. The number of rotatable bonds is 3. The maximum Gasteiger partial charge on any atom is 0.404 e. The fourth-order valence-electron chi connectivity index (χ4n) is 3.13. The second-order valence-electron chi connectivity index (χ2n) is 5.95. The lowest BCUT2D eigenvalue weighted by Gasteiger charge is -2.32. The van der Waals surface area contributed by atoms with E-state index < -0.39 is 6.09 Å². The minimum absolute atomic E-state index is 0.00507. The second kappa shape index (κ2) is 6.58. The van der Waals surface area contributed by atoms with E-state index in [0.29, 0.717) is 5.82 Å². The quantitative estimate of drug-likeness (QED) is 0.747. The van der Waals surface area contributed by atoms with Gasteiger partial charge in [0.2, 0.25) is 5.28 Å². The summed E-state index contributed by atoms with van der Waals surface area (Å²) in [5.74, 6) is 0.660. The first kappa shape index (κ1) is 15.8. The van der Waals surface area contributed by atoms with Gasteiger partial charge in [-0.2, -0.15) is 0 Å². The van der Waals surface area contributed by atoms with Crippen molar-refractivity contribution < 1.29 is 9.90 Å². The second-order valence-corrected chi connectivity index (χ2v) is 6.29. The van der Waals surface area contributed by atoms with Crippen LogP contribution in [0.25, 0.3) is 10.9 Å². The van der Waals surface area contributed by atoms with Crippen molar-refractivity contribution in [1.29, 1.82) is 0 Å². The first-order valence-corrected chi connectivity index (χ1v) is 8.10. The number of fused-ring (bicyclic) bond motifs is 1. The highest BCUT2D eigenvalue weighted by molar-refractivity contribution is 6.28. The lowest BCUT2D eigenvalue weighted by molar-refractivity contribution is 0.184. The number of carboxylic acid groups (broad SMARTS) is 1. The van der Waals surface area contributed by atoms with Crippen LogP contribution >= 0.6 is 11.6 Å². The summed E-state index contributed by atoms with van der Waals surface area (Å²) in [6.07, 6.45) is 2.79. The Balaban J connectivity index is 1.93. The third-order valence-corrected chi connectivity index (χ3v) is 4.39. The molecular weight excluding hydrogens is 316 g/mol. The molecule has 3 N–H and O–H groups in total. The van der Waals surface area contributed by atoms with Crippen molar-refractivity contribution in [1.82, 2.24) is 15.3 Å². The van der Waals surface area contributed by atoms with Crippen LogP contribution in [0.3, 0.4) is 0 Å². The number of benzene rings is 1. The molecule has 0 spiro atoms. The summed E-state index contributed by atoms with van der Waals surface area (Å²) in [7, 11) is 0. The molecule has 0 aliphatic heterocycles. The van der Waals surface area contributed by atoms with Gasteiger partial charge in [0, 0.05) is 11.4 Å². The molecule has 7 heteroatoms. The van der Waals surface area contributed by atoms with Crippen molar-refractivity contribution in [3.8, 4) is 0 Å². The zero-order chi connectivity index (χ0) is 16.4. The fraction of sp³-hybridized carbons (Fsp3) is 0.438. The van der Waals surface area contributed by atoms with Crippen LogP contribution in [0.5, 0.6) is 0 Å². The van der Waals surface area contributed by atoms with Gasteiger partial charge in [0.25, 0.3) is 0 Å². The van der Waals surface area contributed by atoms with Gasteiger partial charge in [-0.25, -0.2) is 14.8 Å². The van der Waals surface area contributed by atoms with Crippen molar-refractivity contribution in [3.63, 3.8) is 0 Å². The smallest absolute Gasteiger partial charge is 0.404 e. The Morgan fingerprint density at radius 3 is 2.74 bits per heavy atom. The van der Waals surface area contributed by atoms with Crippen molar-refractivity contribution >= 4 is 34.4 Å². The lowest BCUT2D eigenvalue weighted by Crippen LogP contribution is -2.48. The first-order valence-electron chi connectivity index (χ1n) is 7.73. The Morgan fingerprint density at radius 1 is 1.26 bits per heavy atom. The van der Waals surface area contributed by atoms with Gasteiger partial charge < -0.3 is 15.7 Å². The van der Waals surface area contributed by atoms with Crippen LogP contribution in [-0.2, 0) is 0 Å². The molecule has 2 atom stereocenters. The van der Waals surface area contributed by atoms with Crippen LogP contribution < -0.4 is 10.6 Å². The number of carbonyl (C=O) groups is 1. The highest BCUT2D eigenvalue weighted by atomic mass is 35.5. The molecule has 3 rings (SSSR count). The van der Waals surface area contributed by atoms with Gasteiger partial charge in [-0.3, -0.25) is 0 Å². The predicted molar refractivity (Wildman–Crippen MR) is 90.1 cm³/mol. The number of amides is 1. The summed E-state index contributed by atoms with van der Waals surface area (Å²) < 4.78 is 0. The number of anilines is 1. The number of hydrogen-bond donors (Lipinski definition) is 3. The van der Waals surface area contributed by atoms with Gasteiger partial charge in [-0.1, -0.05) is 24.5 Å². The molecule has 1 aliphatic carbocycles. The molecule has 1 amide bonds. The number of nitrogens with one attached hydrogen (secondary N) is 2. The van der Waals surface area contributed by atoms with Gasteiger partial charge in [-0.15, -0.1) is 0 Å². The van der Waals surface area contributed by atoms with Crippen LogP contribution in [0, 0.1) is 6.92 Å². The van der Waals surface area contributed by atoms with Gasteiger partial charge >= 0.3 is 6.09 Å². The Labute approximate surface area is 139 Å². The standard InChI is InChI=1S/C16H19ClN4O2/c1-9-6-7-11-10(8-9)14(21-15(17)19-11)18-12-4-2-3-5-13(12)20-16(22)23/h6-8,12-13,20H,2-5H2,1H3,(H,22,23)(H,18,19,21)/t12-,13+/m0/s1. The molecular formula is C16H19ClN4O2. The molecule has 1 aromatic heterocycles. The van der Waals surface area contributed by atoms with Crippen LogP contribution in [0.1, 0.15) is 31.2 Å². The predicted octanol–water partition coefficient (Wildman–Crippen LogP) is 3.58. The molecule has 1 heterocycles. The normalized spacial score (nSPS) is 21.1. The molecule has 6 nitrogen and oxygen atoms in total. The van der Waals surface area contributed by atoms with E-state index in [1.165, 1.54) is 0 Å². The van der Waals surface area contributed by atoms with Crippen LogP contribution in [-0.4, -0.2) is 33.3 Å². The minimum Gasteiger partial charge on any atom is -0.465 e. The van der Waals surface area contributed by atoms with E-state index >= 15 is 0 Å². The molecule has 122 valence electrons. The summed E-state index contributed by atoms with van der Waals surface area (Å²) >= 11 is 6.03. The van der Waals surface area contributed by atoms with E-state index in [0.717, 1.165) is 42.1 Å². The van der Waals surface area contributed by atoms with Crippen molar-refractivity contribution in [3.05, 3.63) is 29.0 Å². The van der Waals surface area contributed by atoms with Crippen LogP contribution in [0.2, 0.25) is 5.28 Å². The first-order chi connectivity index (χ1) is 11.0. The summed E-state index contributed by atoms with van der Waals surface area (Å²) in [5.41, 5.74) is 1.88. The zero-order valence-corrected chi connectivity index (χ0v) is 13.6. The molecule has 23 heavy (non-hydrogen) atoms. The number of aromatic nitrogens is 2. The third kappa shape index (κ3) is 3.64. The lowest BCUT2D eigenvalue weighted by atomic mass is 9.90. The highest BCUT2D eigenvalue weighted by Gasteiger charge is 2.27. The van der Waals surface area contributed by atoms with Gasteiger partial charge in [0.1, 0.15) is 5.82 Å². The Morgan fingerprint density at radius 2 is 2.00 bits per heavy atom. The maximum absolute atomic E-state index is 11.0. The molecule has 1 aliphatic rings. The largest absolute Gasteiger partial charge is 0.465 e. The van der Waals surface area contributed by atoms with E-state index in [-0.39, 0.29) is 17.4 Å². The molecule has 0 saturated heterocycles. The van der Waals surface area contributed by atoms with E-state index in [2.05, 4.69) is 20.6 Å². The zero-order valence-electron chi connectivity index (χ0n) is 12.8. The van der Waals surface area contributed by atoms with E-state index in [1.807, 2.05) is 25.1 Å². The van der Waals surface area contributed by atoms with Crippen LogP contribution in [0.4, 0.5) is 10.6 Å². The number of nitrogens with zero attached hydrogens (tertiary/aromatic N) is 2. The Kier molecular flexibility index (Phi) is 4.52. The number of aryl methyl sites for hydroxylation is 1. The van der Waals surface area contributed by atoms with Gasteiger partial charge in [0.05, 0.1) is 11.6 Å². The Hall–Kier alpha value is -2.08. The highest BCUT2D eigenvalue weighted by Crippen LogP contribution is 2.27. The van der Waals surface area contributed by atoms with Gasteiger partial charge in [0.15, 0.2) is 0 Å². The SMILES string of the molecule is Cc1ccc2nc(Cl)nc(N[C@H]3CCCC[C@H]3NC(=O)O)c2c1. The molecule has 0 unspecified atom stereocenters. The monoisotopic (exact) mass is 334 g/mol. The average molecular weight is 335 g/mol. The van der Waals surface area contributed by atoms with E-state index in [4.69, 9.17) is 16.7 Å². The molecule has 1 aromatic carbocycles. The summed E-state index contributed by atoms with van der Waals surface area (Å²) in [6.45, 7) is 2.01. The molecule has 1 saturated carbocycles. The van der Waals surface area contributed by atoms with Crippen molar-refractivity contribution in [2.75, 3.05) is 5.32 Å². The van der Waals surface area contributed by atoms with Crippen molar-refractivity contribution in [2.45, 2.75) is 44.7 Å². The molecule has 0 bridgehead atoms. The van der Waals surface area contributed by atoms with Crippen LogP contribution in [0.15, 0.2) is 18.2 Å². The summed E-state index contributed by atoms with van der Waals surface area (Å²) in [4.78, 5) is 19.6. The number of hydrogen-bond acceptors (Lipinski definition) is 4. The van der Waals surface area contributed by atoms with E-state index in [9.17, 15) is 4.79 Å². The molecule has 2 aromatic rings. The molecule has 1 fully saturated rings. The minimum atomic E-state index is -0.995. The summed E-state index contributed by atoms with van der Waals surface area (Å²) in [5, 5.41) is 16.1. The fourth-order valence-corrected chi connectivity index (χ4v) is 3.31. The van der Waals surface area contributed by atoms with Gasteiger partial charge in [-0.05, 0) is 43.5 Å². The topological polar surface area (TPSA) is 87.1 Å². The van der Waals surface area contributed by atoms with Crippen molar-refractivity contribution in [2.24, 2.45) is 0 Å². The summed E-state index contributed by atoms with van der Waals surface area (Å²) in [6, 6.07) is 5.77.